The number of halogens is 1. The summed E-state index contributed by atoms with van der Waals surface area (Å²) >= 11 is 8.33. The Kier molecular flexibility index (Phi) is 6.49. The van der Waals surface area contributed by atoms with E-state index in [0.29, 0.717) is 17.1 Å². The minimum atomic E-state index is -0.307. The molecule has 0 aliphatic carbocycles. The molecule has 0 bridgehead atoms. The summed E-state index contributed by atoms with van der Waals surface area (Å²) in [6.07, 6.45) is 0.651. The summed E-state index contributed by atoms with van der Waals surface area (Å²) in [7, 11) is 1.59. The molecule has 1 aromatic rings. The fraction of sp³-hybridized carbons (Fsp3) is 0.500. The van der Waals surface area contributed by atoms with Gasteiger partial charge in [0.15, 0.2) is 0 Å². The Bertz CT molecular complexity index is 739. The van der Waals surface area contributed by atoms with Crippen LogP contribution in [0.25, 0.3) is 0 Å². The maximum absolute atomic E-state index is 12.1. The largest absolute Gasteiger partial charge is 0.369 e. The van der Waals surface area contributed by atoms with Gasteiger partial charge >= 0.3 is 6.03 Å². The predicted molar refractivity (Wildman–Crippen MR) is 109 cm³/mol. The van der Waals surface area contributed by atoms with Gasteiger partial charge < -0.3 is 15.1 Å². The number of urea groups is 1. The Morgan fingerprint density at radius 2 is 2.00 bits per heavy atom. The Balaban J connectivity index is 1.48. The smallest absolute Gasteiger partial charge is 0.326 e. The summed E-state index contributed by atoms with van der Waals surface area (Å²) < 4.78 is 0. The topological polar surface area (TPSA) is 73.0 Å². The number of carbonyl (C=O) groups excluding carboxylic acids is 3. The molecule has 0 saturated carbocycles. The molecule has 27 heavy (non-hydrogen) atoms. The van der Waals surface area contributed by atoms with Crippen molar-refractivity contribution in [1.29, 1.82) is 0 Å². The summed E-state index contributed by atoms with van der Waals surface area (Å²) in [5, 5.41) is 3.45. The van der Waals surface area contributed by atoms with Crippen LogP contribution in [0.2, 0.25) is 5.02 Å². The van der Waals surface area contributed by atoms with Crippen LogP contribution in [0.4, 0.5) is 16.2 Å². The van der Waals surface area contributed by atoms with Gasteiger partial charge in [0.2, 0.25) is 11.8 Å². The average molecular weight is 411 g/mol. The number of benzene rings is 1. The summed E-state index contributed by atoms with van der Waals surface area (Å²) in [5.74, 6) is 1.79. The van der Waals surface area contributed by atoms with Gasteiger partial charge in [0.25, 0.3) is 0 Å². The number of nitrogens with one attached hydrogen (secondary N) is 1. The van der Waals surface area contributed by atoms with E-state index in [1.165, 1.54) is 9.80 Å². The highest BCUT2D eigenvalue weighted by Gasteiger charge is 2.32. The summed E-state index contributed by atoms with van der Waals surface area (Å²) in [4.78, 5) is 40.5. The van der Waals surface area contributed by atoms with E-state index in [1.54, 1.807) is 13.1 Å². The van der Waals surface area contributed by atoms with Crippen LogP contribution in [0.5, 0.6) is 0 Å². The standard InChI is InChI=1S/C18H23ClN4O3S/c1-21-12-17(25)23(18(21)26)6-2-3-16(24)20-13-4-5-15(14(19)11-13)22-7-9-27-10-8-22/h4-5,11H,2-3,6-10,12H2,1H3,(H,20,24). The second-order valence-electron chi connectivity index (χ2n) is 6.60. The molecule has 2 aliphatic rings. The van der Waals surface area contributed by atoms with Crippen LogP contribution in [0.15, 0.2) is 18.2 Å². The molecule has 0 unspecified atom stereocenters. The minimum Gasteiger partial charge on any atom is -0.369 e. The number of amides is 4. The molecule has 1 aromatic carbocycles. The quantitative estimate of drug-likeness (QED) is 0.729. The van der Waals surface area contributed by atoms with Gasteiger partial charge in [-0.2, -0.15) is 11.8 Å². The van der Waals surface area contributed by atoms with Crippen LogP contribution in [0.1, 0.15) is 12.8 Å². The molecular formula is C18H23ClN4O3S. The minimum absolute atomic E-state index is 0.103. The van der Waals surface area contributed by atoms with Crippen LogP contribution < -0.4 is 10.2 Å². The lowest BCUT2D eigenvalue weighted by Crippen LogP contribution is -2.33. The van der Waals surface area contributed by atoms with E-state index in [0.717, 1.165) is 30.3 Å². The molecule has 146 valence electrons. The fourth-order valence-corrected chi connectivity index (χ4v) is 4.36. The summed E-state index contributed by atoms with van der Waals surface area (Å²) in [5.41, 5.74) is 1.64. The molecule has 4 amide bonds. The lowest BCUT2D eigenvalue weighted by atomic mass is 10.2. The number of imide groups is 1. The SMILES string of the molecule is CN1CC(=O)N(CCCC(=O)Nc2ccc(N3CCSCC3)c(Cl)c2)C1=O. The first-order chi connectivity index (χ1) is 13.0. The highest BCUT2D eigenvalue weighted by molar-refractivity contribution is 7.99. The highest BCUT2D eigenvalue weighted by Crippen LogP contribution is 2.30. The van der Waals surface area contributed by atoms with E-state index in [1.807, 2.05) is 23.9 Å². The second kappa shape index (κ2) is 8.84. The van der Waals surface area contributed by atoms with Gasteiger partial charge in [0.05, 0.1) is 10.7 Å². The van der Waals surface area contributed by atoms with Crippen molar-refractivity contribution >= 4 is 52.6 Å². The number of thioether (sulfide) groups is 1. The Hall–Kier alpha value is -1.93. The Morgan fingerprint density at radius 3 is 2.63 bits per heavy atom. The van der Waals surface area contributed by atoms with Crippen LogP contribution in [0.3, 0.4) is 0 Å². The summed E-state index contributed by atoms with van der Waals surface area (Å²) in [6.45, 7) is 2.30. The molecule has 0 aromatic heterocycles. The van der Waals surface area contributed by atoms with Gasteiger partial charge in [-0.25, -0.2) is 4.79 Å². The maximum Gasteiger partial charge on any atom is 0.326 e. The van der Waals surface area contributed by atoms with Gasteiger partial charge in [0.1, 0.15) is 6.54 Å². The monoisotopic (exact) mass is 410 g/mol. The van der Waals surface area contributed by atoms with Crippen molar-refractivity contribution in [3.8, 4) is 0 Å². The molecule has 9 heteroatoms. The zero-order valence-corrected chi connectivity index (χ0v) is 16.8. The van der Waals surface area contributed by atoms with Crippen molar-refractivity contribution < 1.29 is 14.4 Å². The number of anilines is 2. The molecule has 7 nitrogen and oxygen atoms in total. The van der Waals surface area contributed by atoms with Gasteiger partial charge in [0, 0.05) is 50.3 Å². The van der Waals surface area contributed by atoms with Gasteiger partial charge in [-0.1, -0.05) is 11.6 Å². The van der Waals surface area contributed by atoms with Crippen molar-refractivity contribution in [3.05, 3.63) is 23.2 Å². The van der Waals surface area contributed by atoms with Crippen LogP contribution in [-0.2, 0) is 9.59 Å². The number of hydrogen-bond acceptors (Lipinski definition) is 5. The summed E-state index contributed by atoms with van der Waals surface area (Å²) in [6, 6.07) is 5.24. The lowest BCUT2D eigenvalue weighted by molar-refractivity contribution is -0.125. The number of hydrogen-bond donors (Lipinski definition) is 1. The first kappa shape index (κ1) is 19.8. The average Bonchev–Trinajstić information content (AvgIpc) is 2.88. The first-order valence-electron chi connectivity index (χ1n) is 8.93. The van der Waals surface area contributed by atoms with E-state index in [2.05, 4.69) is 10.2 Å². The molecule has 0 atom stereocenters. The first-order valence-corrected chi connectivity index (χ1v) is 10.5. The molecule has 3 rings (SSSR count). The number of nitrogens with zero attached hydrogens (tertiary/aromatic N) is 3. The molecule has 0 spiro atoms. The molecule has 2 fully saturated rings. The second-order valence-corrected chi connectivity index (χ2v) is 8.23. The van der Waals surface area contributed by atoms with E-state index in [4.69, 9.17) is 11.6 Å². The van der Waals surface area contributed by atoms with Crippen molar-refractivity contribution in [3.63, 3.8) is 0 Å². The third-order valence-electron chi connectivity index (χ3n) is 4.60. The van der Waals surface area contributed by atoms with Gasteiger partial charge in [-0.05, 0) is 24.6 Å². The number of carbonyl (C=O) groups is 3. The predicted octanol–water partition coefficient (Wildman–Crippen LogP) is 2.51. The van der Waals surface area contributed by atoms with Crippen LogP contribution in [0, 0.1) is 0 Å². The molecule has 1 N–H and O–H groups in total. The normalized spacial score (nSPS) is 17.6. The maximum atomic E-state index is 12.1. The third kappa shape index (κ3) is 4.87. The van der Waals surface area contributed by atoms with E-state index < -0.39 is 0 Å². The zero-order valence-electron chi connectivity index (χ0n) is 15.2. The Labute approximate surface area is 168 Å². The molecule has 2 aliphatic heterocycles. The van der Waals surface area contributed by atoms with E-state index in [-0.39, 0.29) is 37.4 Å². The molecule has 2 heterocycles. The Morgan fingerprint density at radius 1 is 1.26 bits per heavy atom. The van der Waals surface area contributed by atoms with Crippen LogP contribution in [-0.4, -0.2) is 72.4 Å². The molecule has 0 radical (unpaired) electrons. The van der Waals surface area contributed by atoms with Crippen molar-refractivity contribution in [2.75, 3.05) is 54.9 Å². The van der Waals surface area contributed by atoms with Crippen molar-refractivity contribution in [2.24, 2.45) is 0 Å². The van der Waals surface area contributed by atoms with Crippen molar-refractivity contribution in [1.82, 2.24) is 9.80 Å². The zero-order chi connectivity index (χ0) is 19.4. The molecule has 2 saturated heterocycles. The van der Waals surface area contributed by atoms with Crippen LogP contribution >= 0.6 is 23.4 Å². The van der Waals surface area contributed by atoms with Gasteiger partial charge in [-0.3, -0.25) is 14.5 Å². The number of likely N-dealkylation sites (N-methyl/N-ethyl adjacent to an activating group) is 1. The van der Waals surface area contributed by atoms with E-state index >= 15 is 0 Å². The number of rotatable bonds is 6. The fourth-order valence-electron chi connectivity index (χ4n) is 3.16. The molecular weight excluding hydrogens is 388 g/mol. The van der Waals surface area contributed by atoms with Crippen molar-refractivity contribution in [2.45, 2.75) is 12.8 Å². The highest BCUT2D eigenvalue weighted by atomic mass is 35.5. The van der Waals surface area contributed by atoms with E-state index in [9.17, 15) is 14.4 Å². The third-order valence-corrected chi connectivity index (χ3v) is 5.84. The van der Waals surface area contributed by atoms with Gasteiger partial charge in [-0.15, -0.1) is 0 Å². The lowest BCUT2D eigenvalue weighted by Gasteiger charge is -2.29.